The molecule has 0 heterocycles. The quantitative estimate of drug-likeness (QED) is 0.635. The molecule has 134 valence electrons. The number of benzene rings is 2. The molecule has 2 N–H and O–H groups in total. The van der Waals surface area contributed by atoms with Gasteiger partial charge in [0.1, 0.15) is 5.41 Å². The Kier molecular flexibility index (Phi) is 4.64. The summed E-state index contributed by atoms with van der Waals surface area (Å²) >= 11 is 0. The Labute approximate surface area is 152 Å². The molecular formula is C21H22N2O3. The molecule has 0 radical (unpaired) electrons. The number of aryl methyl sites for hydroxylation is 1. The van der Waals surface area contributed by atoms with Gasteiger partial charge < -0.3 is 10.6 Å². The molecule has 26 heavy (non-hydrogen) atoms. The van der Waals surface area contributed by atoms with Gasteiger partial charge in [0.2, 0.25) is 11.8 Å². The van der Waals surface area contributed by atoms with Gasteiger partial charge in [0.25, 0.3) is 0 Å². The topological polar surface area (TPSA) is 75.3 Å². The molecule has 0 aromatic heterocycles. The van der Waals surface area contributed by atoms with Crippen molar-refractivity contribution in [3.63, 3.8) is 0 Å². The van der Waals surface area contributed by atoms with E-state index in [9.17, 15) is 14.4 Å². The van der Waals surface area contributed by atoms with Crippen LogP contribution < -0.4 is 10.6 Å². The van der Waals surface area contributed by atoms with Gasteiger partial charge in [-0.05, 0) is 75.1 Å². The lowest BCUT2D eigenvalue weighted by Gasteiger charge is -2.17. The van der Waals surface area contributed by atoms with E-state index >= 15 is 0 Å². The van der Waals surface area contributed by atoms with E-state index in [1.54, 1.807) is 24.3 Å². The number of carbonyl (C=O) groups excluding carboxylic acids is 3. The number of hydrogen-bond acceptors (Lipinski definition) is 3. The van der Waals surface area contributed by atoms with Gasteiger partial charge >= 0.3 is 0 Å². The van der Waals surface area contributed by atoms with E-state index in [1.807, 2.05) is 32.0 Å². The molecule has 3 rings (SSSR count). The first-order chi connectivity index (χ1) is 12.3. The Morgan fingerprint density at radius 2 is 1.50 bits per heavy atom. The van der Waals surface area contributed by atoms with E-state index in [-0.39, 0.29) is 17.6 Å². The van der Waals surface area contributed by atoms with E-state index in [4.69, 9.17) is 0 Å². The van der Waals surface area contributed by atoms with Crippen LogP contribution in [0.25, 0.3) is 0 Å². The maximum atomic E-state index is 12.7. The van der Waals surface area contributed by atoms with Gasteiger partial charge in [0, 0.05) is 16.9 Å². The van der Waals surface area contributed by atoms with Crippen LogP contribution in [0.15, 0.2) is 42.5 Å². The van der Waals surface area contributed by atoms with Gasteiger partial charge in [0.05, 0.1) is 0 Å². The number of carbonyl (C=O) groups is 3. The zero-order valence-electron chi connectivity index (χ0n) is 15.2. The Bertz CT molecular complexity index is 881. The van der Waals surface area contributed by atoms with Crippen LogP contribution in [0.5, 0.6) is 0 Å². The second kappa shape index (κ2) is 6.75. The summed E-state index contributed by atoms with van der Waals surface area (Å²) in [5.74, 6) is -0.616. The molecule has 1 fully saturated rings. The van der Waals surface area contributed by atoms with Crippen LogP contribution in [-0.4, -0.2) is 17.6 Å². The standard InChI is InChI=1S/C21H22N2O3/c1-13-5-4-6-18(14(13)2)23-20(26)21(11-12-21)19(25)22-17-9-7-16(8-10-17)15(3)24/h4-10H,11-12H2,1-3H3,(H,22,25)(H,23,26). The van der Waals surface area contributed by atoms with Gasteiger partial charge in [-0.15, -0.1) is 0 Å². The number of anilines is 2. The minimum atomic E-state index is -1.02. The molecule has 0 aliphatic heterocycles. The number of rotatable bonds is 5. The Hall–Kier alpha value is -2.95. The molecule has 0 atom stereocenters. The summed E-state index contributed by atoms with van der Waals surface area (Å²) in [6.07, 6.45) is 1.06. The van der Waals surface area contributed by atoms with Crippen molar-refractivity contribution in [1.82, 2.24) is 0 Å². The summed E-state index contributed by atoms with van der Waals surface area (Å²) in [4.78, 5) is 36.7. The van der Waals surface area contributed by atoms with Crippen molar-refractivity contribution in [3.8, 4) is 0 Å². The maximum absolute atomic E-state index is 12.7. The molecule has 2 amide bonds. The van der Waals surface area contributed by atoms with E-state index in [2.05, 4.69) is 10.6 Å². The molecule has 2 aromatic carbocycles. The van der Waals surface area contributed by atoms with Crippen molar-refractivity contribution in [2.45, 2.75) is 33.6 Å². The monoisotopic (exact) mass is 350 g/mol. The van der Waals surface area contributed by atoms with E-state index in [1.165, 1.54) is 6.92 Å². The number of amides is 2. The van der Waals surface area contributed by atoms with Gasteiger partial charge in [-0.3, -0.25) is 14.4 Å². The molecule has 5 heteroatoms. The van der Waals surface area contributed by atoms with Crippen LogP contribution in [0.4, 0.5) is 11.4 Å². The van der Waals surface area contributed by atoms with E-state index in [0.29, 0.717) is 24.1 Å². The third-order valence-electron chi connectivity index (χ3n) is 5.02. The average molecular weight is 350 g/mol. The summed E-state index contributed by atoms with van der Waals surface area (Å²) in [6, 6.07) is 12.4. The Morgan fingerprint density at radius 3 is 2.08 bits per heavy atom. The first-order valence-corrected chi connectivity index (χ1v) is 8.63. The van der Waals surface area contributed by atoms with Crippen molar-refractivity contribution in [2.75, 3.05) is 10.6 Å². The van der Waals surface area contributed by atoms with Gasteiger partial charge in [0.15, 0.2) is 5.78 Å². The predicted molar refractivity (Wildman–Crippen MR) is 101 cm³/mol. The first kappa shape index (κ1) is 17.9. The molecule has 0 spiro atoms. The molecular weight excluding hydrogens is 328 g/mol. The molecule has 2 aromatic rings. The predicted octanol–water partition coefficient (Wildman–Crippen LogP) is 3.86. The van der Waals surface area contributed by atoms with Gasteiger partial charge in [-0.25, -0.2) is 0 Å². The van der Waals surface area contributed by atoms with Crippen LogP contribution in [0.1, 0.15) is 41.3 Å². The maximum Gasteiger partial charge on any atom is 0.240 e. The van der Waals surface area contributed by atoms with E-state index < -0.39 is 5.41 Å². The average Bonchev–Trinajstić information content (AvgIpc) is 3.41. The van der Waals surface area contributed by atoms with Crippen LogP contribution >= 0.6 is 0 Å². The van der Waals surface area contributed by atoms with Crippen molar-refractivity contribution < 1.29 is 14.4 Å². The molecule has 1 saturated carbocycles. The molecule has 5 nitrogen and oxygen atoms in total. The lowest BCUT2D eigenvalue weighted by molar-refractivity contribution is -0.131. The summed E-state index contributed by atoms with van der Waals surface area (Å²) in [5.41, 5.74) is 2.96. The molecule has 1 aliphatic rings. The highest BCUT2D eigenvalue weighted by atomic mass is 16.2. The molecule has 1 aliphatic carbocycles. The minimum Gasteiger partial charge on any atom is -0.325 e. The summed E-state index contributed by atoms with van der Waals surface area (Å²) < 4.78 is 0. The van der Waals surface area contributed by atoms with Gasteiger partial charge in [-0.1, -0.05) is 12.1 Å². The lowest BCUT2D eigenvalue weighted by atomic mass is 10.0. The molecule has 0 saturated heterocycles. The second-order valence-electron chi connectivity index (χ2n) is 6.87. The van der Waals surface area contributed by atoms with Crippen molar-refractivity contribution >= 4 is 29.0 Å². The fourth-order valence-electron chi connectivity index (χ4n) is 2.85. The third kappa shape index (κ3) is 3.38. The number of Topliss-reactive ketones (excluding diaryl/α,β-unsaturated/α-hetero) is 1. The lowest BCUT2D eigenvalue weighted by Crippen LogP contribution is -2.35. The number of hydrogen-bond donors (Lipinski definition) is 2. The van der Waals surface area contributed by atoms with Crippen LogP contribution in [0.3, 0.4) is 0 Å². The van der Waals surface area contributed by atoms with Crippen LogP contribution in [0, 0.1) is 19.3 Å². The summed E-state index contributed by atoms with van der Waals surface area (Å²) in [7, 11) is 0. The van der Waals surface area contributed by atoms with Gasteiger partial charge in [-0.2, -0.15) is 0 Å². The fraction of sp³-hybridized carbons (Fsp3) is 0.286. The van der Waals surface area contributed by atoms with Crippen molar-refractivity contribution in [3.05, 3.63) is 59.2 Å². The largest absolute Gasteiger partial charge is 0.325 e. The van der Waals surface area contributed by atoms with Crippen LogP contribution in [0.2, 0.25) is 0 Å². The summed E-state index contributed by atoms with van der Waals surface area (Å²) in [6.45, 7) is 5.42. The smallest absolute Gasteiger partial charge is 0.240 e. The molecule has 0 unspecified atom stereocenters. The summed E-state index contributed by atoms with van der Waals surface area (Å²) in [5, 5.41) is 5.69. The highest BCUT2D eigenvalue weighted by Crippen LogP contribution is 2.47. The zero-order chi connectivity index (χ0) is 18.9. The highest BCUT2D eigenvalue weighted by Gasteiger charge is 2.56. The molecule has 0 bridgehead atoms. The number of ketones is 1. The Balaban J connectivity index is 1.71. The van der Waals surface area contributed by atoms with Crippen LogP contribution in [-0.2, 0) is 9.59 Å². The van der Waals surface area contributed by atoms with Crippen molar-refractivity contribution in [1.29, 1.82) is 0 Å². The second-order valence-corrected chi connectivity index (χ2v) is 6.87. The fourth-order valence-corrected chi connectivity index (χ4v) is 2.85. The number of nitrogens with one attached hydrogen (secondary N) is 2. The first-order valence-electron chi connectivity index (χ1n) is 8.63. The normalized spacial score (nSPS) is 14.4. The zero-order valence-corrected chi connectivity index (χ0v) is 15.2. The third-order valence-corrected chi connectivity index (χ3v) is 5.02. The highest BCUT2D eigenvalue weighted by molar-refractivity contribution is 6.17. The van der Waals surface area contributed by atoms with Crippen molar-refractivity contribution in [2.24, 2.45) is 5.41 Å². The van der Waals surface area contributed by atoms with E-state index in [0.717, 1.165) is 16.8 Å². The SMILES string of the molecule is CC(=O)c1ccc(NC(=O)C2(C(=O)Nc3cccc(C)c3C)CC2)cc1. The Morgan fingerprint density at radius 1 is 0.885 bits per heavy atom. The minimum absolute atomic E-state index is 0.0329.